The van der Waals surface area contributed by atoms with E-state index >= 15 is 0 Å². The van der Waals surface area contributed by atoms with Gasteiger partial charge < -0.3 is 19.7 Å². The predicted molar refractivity (Wildman–Crippen MR) is 136 cm³/mol. The molecule has 10 heteroatoms. The Morgan fingerprint density at radius 3 is 2.51 bits per heavy atom. The first-order valence-corrected chi connectivity index (χ1v) is 11.9. The molecule has 0 saturated heterocycles. The van der Waals surface area contributed by atoms with Gasteiger partial charge in [0.05, 0.1) is 0 Å². The molecule has 10 nitrogen and oxygen atoms in total. The summed E-state index contributed by atoms with van der Waals surface area (Å²) in [5.41, 5.74) is 3.38. The largest absolute Gasteiger partial charge is 0.486 e. The number of anilines is 1. The number of hydrogen-bond donors (Lipinski definition) is 1. The van der Waals surface area contributed by atoms with Gasteiger partial charge in [0.25, 0.3) is 5.91 Å². The Labute approximate surface area is 213 Å². The number of nitrogens with zero attached hydrogens (tertiary/aromatic N) is 5. The third kappa shape index (κ3) is 5.92. The van der Waals surface area contributed by atoms with Crippen LogP contribution in [0.4, 0.5) is 5.69 Å². The summed E-state index contributed by atoms with van der Waals surface area (Å²) >= 11 is 0. The van der Waals surface area contributed by atoms with Crippen molar-refractivity contribution in [3.63, 3.8) is 0 Å². The van der Waals surface area contributed by atoms with Crippen LogP contribution in [0.5, 0.6) is 11.5 Å². The van der Waals surface area contributed by atoms with Crippen LogP contribution in [0.15, 0.2) is 72.8 Å². The Kier molecular flexibility index (Phi) is 7.07. The van der Waals surface area contributed by atoms with Crippen molar-refractivity contribution in [1.82, 2.24) is 25.5 Å². The molecular weight excluding hydrogens is 472 g/mol. The van der Waals surface area contributed by atoms with E-state index in [0.717, 1.165) is 16.7 Å². The van der Waals surface area contributed by atoms with Crippen molar-refractivity contribution in [1.29, 1.82) is 0 Å². The lowest BCUT2D eigenvalue weighted by Gasteiger charge is -2.25. The zero-order valence-electron chi connectivity index (χ0n) is 20.3. The van der Waals surface area contributed by atoms with E-state index in [1.165, 1.54) is 9.70 Å². The number of aromatic nitrogens is 4. The number of aryl methyl sites for hydroxylation is 1. The van der Waals surface area contributed by atoms with E-state index < -0.39 is 0 Å². The molecule has 0 bridgehead atoms. The number of nitrogens with one attached hydrogen (secondary N) is 1. The van der Waals surface area contributed by atoms with Crippen molar-refractivity contribution in [2.75, 3.05) is 24.7 Å². The van der Waals surface area contributed by atoms with E-state index in [1.54, 1.807) is 18.2 Å². The Hall–Kier alpha value is -4.73. The number of carbonyl (C=O) groups is 2. The molecule has 0 atom stereocenters. The van der Waals surface area contributed by atoms with Crippen LogP contribution in [0.2, 0.25) is 0 Å². The van der Waals surface area contributed by atoms with E-state index in [2.05, 4.69) is 20.7 Å². The quantitative estimate of drug-likeness (QED) is 0.398. The average Bonchev–Trinajstić information content (AvgIpc) is 3.39. The summed E-state index contributed by atoms with van der Waals surface area (Å²) in [4.78, 5) is 28.9. The summed E-state index contributed by atoms with van der Waals surface area (Å²) in [5, 5.41) is 15.3. The van der Waals surface area contributed by atoms with Gasteiger partial charge >= 0.3 is 0 Å². The summed E-state index contributed by atoms with van der Waals surface area (Å²) in [6, 6.07) is 22.4. The fourth-order valence-corrected chi connectivity index (χ4v) is 3.85. The predicted octanol–water partition coefficient (Wildman–Crippen LogP) is 2.77. The highest BCUT2D eigenvalue weighted by molar-refractivity contribution is 5.98. The number of fused-ring (bicyclic) bond motifs is 1. The van der Waals surface area contributed by atoms with Crippen LogP contribution in [0.25, 0.3) is 11.4 Å². The van der Waals surface area contributed by atoms with Crippen molar-refractivity contribution < 1.29 is 19.1 Å². The molecule has 188 valence electrons. The van der Waals surface area contributed by atoms with E-state index in [1.807, 2.05) is 61.5 Å². The molecule has 1 aliphatic heterocycles. The molecule has 0 fully saturated rings. The van der Waals surface area contributed by atoms with Gasteiger partial charge in [-0.2, -0.15) is 4.80 Å². The second-order valence-electron chi connectivity index (χ2n) is 8.58. The number of rotatable bonds is 8. The van der Waals surface area contributed by atoms with Crippen LogP contribution in [-0.2, 0) is 22.7 Å². The van der Waals surface area contributed by atoms with E-state index in [9.17, 15) is 9.59 Å². The Bertz CT molecular complexity index is 1390. The summed E-state index contributed by atoms with van der Waals surface area (Å²) in [6.45, 7) is 2.83. The summed E-state index contributed by atoms with van der Waals surface area (Å²) in [5.74, 6) is 0.848. The molecule has 2 heterocycles. The van der Waals surface area contributed by atoms with E-state index in [4.69, 9.17) is 9.47 Å². The van der Waals surface area contributed by atoms with Gasteiger partial charge in [0.15, 0.2) is 11.5 Å². The average molecular weight is 499 g/mol. The second kappa shape index (κ2) is 10.9. The van der Waals surface area contributed by atoms with Gasteiger partial charge in [0, 0.05) is 23.9 Å². The third-order valence-corrected chi connectivity index (χ3v) is 5.81. The summed E-state index contributed by atoms with van der Waals surface area (Å²) < 4.78 is 11.3. The van der Waals surface area contributed by atoms with Crippen LogP contribution in [0, 0.1) is 6.92 Å². The lowest BCUT2D eigenvalue weighted by Crippen LogP contribution is -2.42. The minimum atomic E-state index is -0.376. The monoisotopic (exact) mass is 498 g/mol. The first-order chi connectivity index (χ1) is 18.0. The maximum absolute atomic E-state index is 13.4. The number of hydrogen-bond acceptors (Lipinski definition) is 7. The number of carbonyl (C=O) groups excluding carboxylic acids is 2. The Morgan fingerprint density at radius 1 is 0.973 bits per heavy atom. The van der Waals surface area contributed by atoms with Gasteiger partial charge in [0.2, 0.25) is 11.7 Å². The zero-order chi connectivity index (χ0) is 25.6. The highest BCUT2D eigenvalue weighted by Gasteiger charge is 2.23. The van der Waals surface area contributed by atoms with Gasteiger partial charge in [-0.25, -0.2) is 0 Å². The smallest absolute Gasteiger partial charge is 0.251 e. The van der Waals surface area contributed by atoms with E-state index in [0.29, 0.717) is 42.8 Å². The standard InChI is InChI=1S/C27H26N6O4/c1-19-7-9-21(10-8-19)27-29-31-33(30-27)18-26(35)32(17-25(34)28-16-20-5-3-2-4-6-20)22-11-12-23-24(15-22)37-14-13-36-23/h2-12,15H,13-14,16-18H2,1H3,(H,28,34). The van der Waals surface area contributed by atoms with Crippen molar-refractivity contribution in [2.24, 2.45) is 0 Å². The van der Waals surface area contributed by atoms with Gasteiger partial charge in [-0.3, -0.25) is 9.59 Å². The molecule has 1 aliphatic rings. The van der Waals surface area contributed by atoms with Gasteiger partial charge in [0.1, 0.15) is 26.3 Å². The summed E-state index contributed by atoms with van der Waals surface area (Å²) in [7, 11) is 0. The van der Waals surface area contributed by atoms with Crippen molar-refractivity contribution in [3.8, 4) is 22.9 Å². The zero-order valence-corrected chi connectivity index (χ0v) is 20.3. The fourth-order valence-electron chi connectivity index (χ4n) is 3.85. The molecule has 0 unspecified atom stereocenters. The molecule has 4 aromatic rings. The highest BCUT2D eigenvalue weighted by Crippen LogP contribution is 2.34. The van der Waals surface area contributed by atoms with Crippen molar-refractivity contribution in [3.05, 3.63) is 83.9 Å². The van der Waals surface area contributed by atoms with Gasteiger partial charge in [-0.1, -0.05) is 60.2 Å². The molecule has 0 radical (unpaired) electrons. The number of benzene rings is 3. The molecule has 0 spiro atoms. The highest BCUT2D eigenvalue weighted by atomic mass is 16.6. The molecule has 0 saturated carbocycles. The number of amides is 2. The minimum Gasteiger partial charge on any atom is -0.486 e. The van der Waals surface area contributed by atoms with Crippen molar-refractivity contribution >= 4 is 17.5 Å². The van der Waals surface area contributed by atoms with Crippen molar-refractivity contribution in [2.45, 2.75) is 20.0 Å². The molecule has 1 N–H and O–H groups in total. The molecule has 2 amide bonds. The van der Waals surface area contributed by atoms with Crippen LogP contribution >= 0.6 is 0 Å². The van der Waals surface area contributed by atoms with Crippen LogP contribution < -0.4 is 19.7 Å². The first kappa shape index (κ1) is 24.0. The third-order valence-electron chi connectivity index (χ3n) is 5.81. The van der Waals surface area contributed by atoms with Gasteiger partial charge in [-0.05, 0) is 29.8 Å². The molecule has 37 heavy (non-hydrogen) atoms. The van der Waals surface area contributed by atoms with Gasteiger partial charge in [-0.15, -0.1) is 10.2 Å². The Balaban J connectivity index is 1.34. The minimum absolute atomic E-state index is 0.190. The summed E-state index contributed by atoms with van der Waals surface area (Å²) in [6.07, 6.45) is 0. The van der Waals surface area contributed by atoms with Crippen LogP contribution in [0.3, 0.4) is 0 Å². The molecular formula is C27H26N6O4. The second-order valence-corrected chi connectivity index (χ2v) is 8.58. The van der Waals surface area contributed by atoms with Crippen LogP contribution in [-0.4, -0.2) is 51.8 Å². The fraction of sp³-hybridized carbons (Fsp3) is 0.222. The lowest BCUT2D eigenvalue weighted by atomic mass is 10.1. The maximum Gasteiger partial charge on any atom is 0.251 e. The first-order valence-electron chi connectivity index (χ1n) is 11.9. The molecule has 1 aromatic heterocycles. The van der Waals surface area contributed by atoms with Crippen LogP contribution in [0.1, 0.15) is 11.1 Å². The SMILES string of the molecule is Cc1ccc(-c2nnn(CC(=O)N(CC(=O)NCc3ccccc3)c3ccc4c(c3)OCCO4)n2)cc1. The molecule has 3 aromatic carbocycles. The Morgan fingerprint density at radius 2 is 1.73 bits per heavy atom. The maximum atomic E-state index is 13.4. The topological polar surface area (TPSA) is 111 Å². The normalized spacial score (nSPS) is 12.1. The molecule has 5 rings (SSSR count). The van der Waals surface area contributed by atoms with E-state index in [-0.39, 0.29) is 24.9 Å². The number of tetrazole rings is 1. The number of ether oxygens (including phenoxy) is 2. The lowest BCUT2D eigenvalue weighted by molar-refractivity contribution is -0.124. The molecule has 0 aliphatic carbocycles.